The maximum absolute atomic E-state index is 11.8. The largest absolute Gasteiger partial charge is 0.440 e. The second-order valence-electron chi connectivity index (χ2n) is 4.14. The van der Waals surface area contributed by atoms with Crippen LogP contribution in [0.1, 0.15) is 0 Å². The van der Waals surface area contributed by atoms with E-state index in [9.17, 15) is 23.3 Å². The zero-order valence-electron chi connectivity index (χ0n) is 11.2. The Bertz CT molecular complexity index is 811. The van der Waals surface area contributed by atoms with Gasteiger partial charge in [0.15, 0.2) is 5.82 Å². The van der Waals surface area contributed by atoms with E-state index in [1.807, 2.05) is 0 Å². The van der Waals surface area contributed by atoms with E-state index in [0.717, 1.165) is 10.9 Å². The molecule has 0 aliphatic heterocycles. The van der Waals surface area contributed by atoms with Crippen LogP contribution >= 0.6 is 0 Å². The average Bonchev–Trinajstić information content (AvgIpc) is 2.85. The number of anilines is 1. The van der Waals surface area contributed by atoms with E-state index in [-0.39, 0.29) is 17.3 Å². The van der Waals surface area contributed by atoms with Gasteiger partial charge in [-0.1, -0.05) is 0 Å². The first-order valence-electron chi connectivity index (χ1n) is 5.75. The van der Waals surface area contributed by atoms with Gasteiger partial charge in [0.1, 0.15) is 5.75 Å². The van der Waals surface area contributed by atoms with Crippen molar-refractivity contribution in [2.75, 3.05) is 11.0 Å². The summed E-state index contributed by atoms with van der Waals surface area (Å²) < 4.78 is 29.9. The standard InChI is InChI=1S/C11H10N4O6S/c1-22(19,20)13-10-6-7-14(12-10)11(16)21-9-4-2-8(3-5-9)15(17)18/h2-7H,1H3,(H,12,13). The molecule has 1 N–H and O–H groups in total. The molecular formula is C11H10N4O6S. The van der Waals surface area contributed by atoms with E-state index < -0.39 is 21.0 Å². The highest BCUT2D eigenvalue weighted by Crippen LogP contribution is 2.17. The minimum absolute atomic E-state index is 0.0388. The fourth-order valence-electron chi connectivity index (χ4n) is 1.45. The van der Waals surface area contributed by atoms with Gasteiger partial charge in [0.05, 0.1) is 11.2 Å². The van der Waals surface area contributed by atoms with Crippen molar-refractivity contribution >= 4 is 27.6 Å². The molecule has 2 aromatic rings. The van der Waals surface area contributed by atoms with Gasteiger partial charge < -0.3 is 4.74 Å². The molecule has 2 rings (SSSR count). The maximum Gasteiger partial charge on any atom is 0.440 e. The van der Waals surface area contributed by atoms with E-state index in [0.29, 0.717) is 0 Å². The number of aromatic nitrogens is 2. The third-order valence-electron chi connectivity index (χ3n) is 2.32. The van der Waals surface area contributed by atoms with E-state index in [2.05, 4.69) is 9.82 Å². The number of rotatable bonds is 4. The van der Waals surface area contributed by atoms with Gasteiger partial charge in [-0.2, -0.15) is 4.68 Å². The number of benzene rings is 1. The molecule has 1 aromatic heterocycles. The Morgan fingerprint density at radius 2 is 1.95 bits per heavy atom. The Kier molecular flexibility index (Phi) is 4.08. The summed E-state index contributed by atoms with van der Waals surface area (Å²) in [6.07, 6.45) is 1.26. The fraction of sp³-hybridized carbons (Fsp3) is 0.0909. The van der Waals surface area contributed by atoms with E-state index in [1.54, 1.807) is 0 Å². The SMILES string of the molecule is CS(=O)(=O)Nc1ccn(C(=O)Oc2ccc([N+](=O)[O-])cc2)n1. The van der Waals surface area contributed by atoms with Crippen molar-refractivity contribution in [2.45, 2.75) is 0 Å². The molecule has 0 aliphatic carbocycles. The molecule has 0 unspecified atom stereocenters. The van der Waals surface area contributed by atoms with Gasteiger partial charge in [-0.15, -0.1) is 5.10 Å². The Morgan fingerprint density at radius 1 is 1.32 bits per heavy atom. The second-order valence-corrected chi connectivity index (χ2v) is 5.89. The normalized spacial score (nSPS) is 11.0. The molecule has 10 nitrogen and oxygen atoms in total. The van der Waals surface area contributed by atoms with Gasteiger partial charge in [0.2, 0.25) is 10.0 Å². The molecule has 0 saturated carbocycles. The van der Waals surface area contributed by atoms with Crippen LogP contribution in [-0.2, 0) is 10.0 Å². The molecule has 116 valence electrons. The average molecular weight is 326 g/mol. The number of hydrogen-bond donors (Lipinski definition) is 1. The molecule has 0 spiro atoms. The van der Waals surface area contributed by atoms with Crippen LogP contribution in [0.4, 0.5) is 16.3 Å². The number of sulfonamides is 1. The monoisotopic (exact) mass is 326 g/mol. The smallest absolute Gasteiger partial charge is 0.409 e. The molecule has 22 heavy (non-hydrogen) atoms. The van der Waals surface area contributed by atoms with Crippen molar-refractivity contribution in [3.05, 3.63) is 46.6 Å². The van der Waals surface area contributed by atoms with Crippen molar-refractivity contribution in [2.24, 2.45) is 0 Å². The molecule has 0 amide bonds. The van der Waals surface area contributed by atoms with Crippen LogP contribution in [-0.4, -0.2) is 35.5 Å². The number of nitro benzene ring substituents is 1. The maximum atomic E-state index is 11.8. The summed E-state index contributed by atoms with van der Waals surface area (Å²) in [6.45, 7) is 0. The Morgan fingerprint density at radius 3 is 2.50 bits per heavy atom. The third-order valence-corrected chi connectivity index (χ3v) is 2.90. The van der Waals surface area contributed by atoms with Crippen LogP contribution in [0, 0.1) is 10.1 Å². The minimum atomic E-state index is -3.50. The molecule has 0 bridgehead atoms. The summed E-state index contributed by atoms with van der Waals surface area (Å²) >= 11 is 0. The number of nitro groups is 1. The van der Waals surface area contributed by atoms with Gasteiger partial charge in [0.25, 0.3) is 5.69 Å². The lowest BCUT2D eigenvalue weighted by Crippen LogP contribution is -2.18. The molecule has 11 heteroatoms. The quantitative estimate of drug-likeness (QED) is 0.659. The number of non-ortho nitro benzene ring substituents is 1. The number of nitrogens with one attached hydrogen (secondary N) is 1. The molecule has 0 saturated heterocycles. The Hall–Kier alpha value is -2.95. The number of ether oxygens (including phenoxy) is 1. The summed E-state index contributed by atoms with van der Waals surface area (Å²) in [4.78, 5) is 21.7. The Balaban J connectivity index is 2.07. The van der Waals surface area contributed by atoms with Crippen LogP contribution in [0.3, 0.4) is 0 Å². The van der Waals surface area contributed by atoms with Crippen molar-refractivity contribution < 1.29 is 22.9 Å². The van der Waals surface area contributed by atoms with Crippen molar-refractivity contribution in [3.8, 4) is 5.75 Å². The zero-order valence-corrected chi connectivity index (χ0v) is 12.0. The molecule has 0 aliphatic rings. The zero-order chi connectivity index (χ0) is 16.3. The number of carbonyl (C=O) groups is 1. The summed E-state index contributed by atoms with van der Waals surface area (Å²) in [5.74, 6) is 0.0480. The summed E-state index contributed by atoms with van der Waals surface area (Å²) in [5.41, 5.74) is -0.140. The highest BCUT2D eigenvalue weighted by Gasteiger charge is 2.13. The van der Waals surface area contributed by atoms with Crippen molar-refractivity contribution in [1.82, 2.24) is 9.78 Å². The minimum Gasteiger partial charge on any atom is -0.409 e. The molecular weight excluding hydrogens is 316 g/mol. The van der Waals surface area contributed by atoms with Crippen LogP contribution in [0.2, 0.25) is 0 Å². The van der Waals surface area contributed by atoms with E-state index in [1.165, 1.54) is 36.5 Å². The number of nitrogens with zero attached hydrogens (tertiary/aromatic N) is 3. The second kappa shape index (κ2) is 5.81. The summed E-state index contributed by atoms with van der Waals surface area (Å²) in [6, 6.07) is 6.16. The van der Waals surface area contributed by atoms with Crippen LogP contribution < -0.4 is 9.46 Å². The first kappa shape index (κ1) is 15.4. The van der Waals surface area contributed by atoms with E-state index >= 15 is 0 Å². The van der Waals surface area contributed by atoms with Gasteiger partial charge in [-0.3, -0.25) is 14.8 Å². The lowest BCUT2D eigenvalue weighted by Gasteiger charge is -2.03. The predicted molar refractivity (Wildman–Crippen MR) is 75.2 cm³/mol. The van der Waals surface area contributed by atoms with Gasteiger partial charge >= 0.3 is 6.09 Å². The van der Waals surface area contributed by atoms with Gasteiger partial charge in [-0.05, 0) is 12.1 Å². The van der Waals surface area contributed by atoms with E-state index in [4.69, 9.17) is 4.74 Å². The topological polar surface area (TPSA) is 133 Å². The number of hydrogen-bond acceptors (Lipinski definition) is 7. The van der Waals surface area contributed by atoms with Crippen LogP contribution in [0.15, 0.2) is 36.5 Å². The Labute approximate surface area is 124 Å². The molecule has 0 fully saturated rings. The molecule has 1 heterocycles. The van der Waals surface area contributed by atoms with Crippen molar-refractivity contribution in [1.29, 1.82) is 0 Å². The first-order chi connectivity index (χ1) is 10.2. The molecule has 0 atom stereocenters. The lowest BCUT2D eigenvalue weighted by atomic mass is 10.3. The highest BCUT2D eigenvalue weighted by molar-refractivity contribution is 7.92. The highest BCUT2D eigenvalue weighted by atomic mass is 32.2. The predicted octanol–water partition coefficient (Wildman–Crippen LogP) is 1.21. The first-order valence-corrected chi connectivity index (χ1v) is 7.64. The van der Waals surface area contributed by atoms with Crippen molar-refractivity contribution in [3.63, 3.8) is 0 Å². The fourth-order valence-corrected chi connectivity index (χ4v) is 1.94. The number of carbonyl (C=O) groups excluding carboxylic acids is 1. The molecule has 1 aromatic carbocycles. The summed E-state index contributed by atoms with van der Waals surface area (Å²) in [7, 11) is -3.50. The lowest BCUT2D eigenvalue weighted by molar-refractivity contribution is -0.384. The third kappa shape index (κ3) is 4.02. The summed E-state index contributed by atoms with van der Waals surface area (Å²) in [5, 5.41) is 14.2. The van der Waals surface area contributed by atoms with Crippen LogP contribution in [0.25, 0.3) is 0 Å². The van der Waals surface area contributed by atoms with Crippen LogP contribution in [0.5, 0.6) is 5.75 Å². The van der Waals surface area contributed by atoms with Gasteiger partial charge in [0, 0.05) is 24.4 Å². The van der Waals surface area contributed by atoms with Gasteiger partial charge in [-0.25, -0.2) is 13.2 Å². The molecule has 0 radical (unpaired) electrons.